The summed E-state index contributed by atoms with van der Waals surface area (Å²) < 4.78 is 22.4. The molecule has 1 unspecified atom stereocenters. The van der Waals surface area contributed by atoms with Gasteiger partial charge in [0.25, 0.3) is 0 Å². The maximum Gasteiger partial charge on any atom is 0.178 e. The Kier molecular flexibility index (Phi) is 4.64. The first kappa shape index (κ1) is 12.9. The average Bonchev–Trinajstić information content (AvgIpc) is 2.26. The molecule has 0 aromatic heterocycles. The fourth-order valence-corrected chi connectivity index (χ4v) is 1.76. The molecule has 0 saturated carbocycles. The Labute approximate surface area is 95.6 Å². The molecule has 1 rings (SSSR count). The van der Waals surface area contributed by atoms with Crippen molar-refractivity contribution in [3.8, 4) is 0 Å². The van der Waals surface area contributed by atoms with Gasteiger partial charge in [0.2, 0.25) is 0 Å². The van der Waals surface area contributed by atoms with Gasteiger partial charge in [-0.05, 0) is 12.5 Å². The molecule has 1 aromatic rings. The Balaban J connectivity index is 2.45. The summed E-state index contributed by atoms with van der Waals surface area (Å²) in [5.41, 5.74) is -0.392. The minimum absolute atomic E-state index is 0.131. The molecule has 5 heteroatoms. The number of aliphatic hydroxyl groups excluding tert-OH is 1. The second kappa shape index (κ2) is 5.77. The summed E-state index contributed by atoms with van der Waals surface area (Å²) in [4.78, 5) is 3.99. The molecule has 1 aromatic carbocycles. The SMILES string of the molecule is CC(O)S(=O)(=O)CCN=Cc1ccccc1. The van der Waals surface area contributed by atoms with Gasteiger partial charge < -0.3 is 5.11 Å². The van der Waals surface area contributed by atoms with E-state index in [1.54, 1.807) is 6.21 Å². The third-order valence-corrected chi connectivity index (χ3v) is 3.86. The zero-order chi connectivity index (χ0) is 12.0. The third-order valence-electron chi connectivity index (χ3n) is 2.06. The van der Waals surface area contributed by atoms with E-state index >= 15 is 0 Å². The van der Waals surface area contributed by atoms with Crippen molar-refractivity contribution in [2.75, 3.05) is 12.3 Å². The van der Waals surface area contributed by atoms with Gasteiger partial charge in [-0.25, -0.2) is 8.42 Å². The van der Waals surface area contributed by atoms with Crippen LogP contribution in [0, 0.1) is 0 Å². The summed E-state index contributed by atoms with van der Waals surface area (Å²) in [5, 5.41) is 8.96. The Bertz CT molecular complexity index is 438. The van der Waals surface area contributed by atoms with E-state index in [0.717, 1.165) is 5.56 Å². The van der Waals surface area contributed by atoms with Crippen LogP contribution in [-0.2, 0) is 9.84 Å². The van der Waals surface area contributed by atoms with Crippen LogP contribution in [0.4, 0.5) is 0 Å². The molecule has 0 aliphatic rings. The minimum Gasteiger partial charge on any atom is -0.377 e. The molecule has 4 nitrogen and oxygen atoms in total. The quantitative estimate of drug-likeness (QED) is 0.777. The lowest BCUT2D eigenvalue weighted by Gasteiger charge is -2.03. The molecule has 16 heavy (non-hydrogen) atoms. The number of hydrogen-bond donors (Lipinski definition) is 1. The second-order valence-electron chi connectivity index (χ2n) is 3.41. The van der Waals surface area contributed by atoms with Crippen LogP contribution in [0.2, 0.25) is 0 Å². The summed E-state index contributed by atoms with van der Waals surface area (Å²) in [6.45, 7) is 1.42. The van der Waals surface area contributed by atoms with Gasteiger partial charge in [0.15, 0.2) is 15.3 Å². The molecule has 88 valence electrons. The van der Waals surface area contributed by atoms with Crippen molar-refractivity contribution in [2.24, 2.45) is 4.99 Å². The van der Waals surface area contributed by atoms with E-state index in [1.165, 1.54) is 6.92 Å². The first-order valence-electron chi connectivity index (χ1n) is 4.97. The van der Waals surface area contributed by atoms with Gasteiger partial charge in [-0.3, -0.25) is 4.99 Å². The normalized spacial score (nSPS) is 14.1. The number of rotatable bonds is 5. The topological polar surface area (TPSA) is 66.7 Å². The maximum atomic E-state index is 11.2. The van der Waals surface area contributed by atoms with Crippen molar-refractivity contribution in [3.05, 3.63) is 35.9 Å². The summed E-state index contributed by atoms with van der Waals surface area (Å²) in [7, 11) is -3.41. The highest BCUT2D eigenvalue weighted by Gasteiger charge is 2.16. The highest BCUT2D eigenvalue weighted by atomic mass is 32.2. The van der Waals surface area contributed by atoms with Gasteiger partial charge in [-0.2, -0.15) is 0 Å². The van der Waals surface area contributed by atoms with Gasteiger partial charge >= 0.3 is 0 Å². The highest BCUT2D eigenvalue weighted by Crippen LogP contribution is 1.98. The monoisotopic (exact) mass is 241 g/mol. The fraction of sp³-hybridized carbons (Fsp3) is 0.364. The van der Waals surface area contributed by atoms with Crippen molar-refractivity contribution in [2.45, 2.75) is 12.4 Å². The van der Waals surface area contributed by atoms with Crippen LogP contribution in [0.3, 0.4) is 0 Å². The molecule has 1 atom stereocenters. The van der Waals surface area contributed by atoms with E-state index in [-0.39, 0.29) is 12.3 Å². The highest BCUT2D eigenvalue weighted by molar-refractivity contribution is 7.91. The van der Waals surface area contributed by atoms with Crippen LogP contribution in [0.25, 0.3) is 0 Å². The summed E-state index contributed by atoms with van der Waals surface area (Å²) >= 11 is 0. The molecule has 0 aliphatic heterocycles. The van der Waals surface area contributed by atoms with Gasteiger partial charge in [-0.15, -0.1) is 0 Å². The molecule has 0 saturated heterocycles. The lowest BCUT2D eigenvalue weighted by molar-refractivity contribution is 0.268. The first-order valence-corrected chi connectivity index (χ1v) is 6.68. The van der Waals surface area contributed by atoms with Crippen molar-refractivity contribution in [1.82, 2.24) is 0 Å². The second-order valence-corrected chi connectivity index (χ2v) is 5.83. The molecule has 0 aliphatic carbocycles. The summed E-state index contributed by atoms with van der Waals surface area (Å²) in [6, 6.07) is 9.43. The average molecular weight is 241 g/mol. The van der Waals surface area contributed by atoms with Crippen molar-refractivity contribution >= 4 is 16.1 Å². The number of aliphatic imine (C=N–C) groups is 1. The van der Waals surface area contributed by atoms with E-state index < -0.39 is 15.3 Å². The summed E-state index contributed by atoms with van der Waals surface area (Å²) in [6.07, 6.45) is 1.62. The Morgan fingerprint density at radius 1 is 1.38 bits per heavy atom. The molecule has 0 fully saturated rings. The number of hydrogen-bond acceptors (Lipinski definition) is 4. The molecular weight excluding hydrogens is 226 g/mol. The lowest BCUT2D eigenvalue weighted by Crippen LogP contribution is -2.21. The number of sulfone groups is 1. The van der Waals surface area contributed by atoms with Crippen molar-refractivity contribution in [3.63, 3.8) is 0 Å². The van der Waals surface area contributed by atoms with Crippen molar-refractivity contribution < 1.29 is 13.5 Å². The number of benzene rings is 1. The lowest BCUT2D eigenvalue weighted by atomic mass is 10.2. The molecule has 0 heterocycles. The van der Waals surface area contributed by atoms with E-state index in [4.69, 9.17) is 5.11 Å². The standard InChI is InChI=1S/C11H15NO3S/c1-10(13)16(14,15)8-7-12-9-11-5-3-2-4-6-11/h2-6,9-10,13H,7-8H2,1H3. The van der Waals surface area contributed by atoms with E-state index in [0.29, 0.717) is 0 Å². The minimum atomic E-state index is -3.41. The smallest absolute Gasteiger partial charge is 0.178 e. The molecule has 0 bridgehead atoms. The van der Waals surface area contributed by atoms with Crippen LogP contribution in [0.1, 0.15) is 12.5 Å². The number of nitrogens with zero attached hydrogens (tertiary/aromatic N) is 1. The fourth-order valence-electron chi connectivity index (χ4n) is 1.06. The largest absolute Gasteiger partial charge is 0.377 e. The predicted octanol–water partition coefficient (Wildman–Crippen LogP) is 0.859. The molecule has 1 N–H and O–H groups in total. The van der Waals surface area contributed by atoms with Crippen LogP contribution in [0.15, 0.2) is 35.3 Å². The van der Waals surface area contributed by atoms with Gasteiger partial charge in [0.05, 0.1) is 12.3 Å². The van der Waals surface area contributed by atoms with Gasteiger partial charge in [-0.1, -0.05) is 30.3 Å². The van der Waals surface area contributed by atoms with Gasteiger partial charge in [0.1, 0.15) is 0 Å². The Morgan fingerprint density at radius 2 is 2.00 bits per heavy atom. The zero-order valence-electron chi connectivity index (χ0n) is 9.07. The Morgan fingerprint density at radius 3 is 2.56 bits per heavy atom. The predicted molar refractivity (Wildman–Crippen MR) is 64.4 cm³/mol. The zero-order valence-corrected chi connectivity index (χ0v) is 9.89. The first-order chi connectivity index (χ1) is 7.52. The van der Waals surface area contributed by atoms with Crippen LogP contribution in [0.5, 0.6) is 0 Å². The maximum absolute atomic E-state index is 11.2. The third kappa shape index (κ3) is 4.12. The van der Waals surface area contributed by atoms with E-state index in [9.17, 15) is 8.42 Å². The number of aliphatic hydroxyl groups is 1. The molecule has 0 amide bonds. The molecular formula is C11H15NO3S. The Hall–Kier alpha value is -1.20. The van der Waals surface area contributed by atoms with E-state index in [2.05, 4.69) is 4.99 Å². The molecule has 0 spiro atoms. The van der Waals surface area contributed by atoms with Crippen molar-refractivity contribution in [1.29, 1.82) is 0 Å². The molecule has 0 radical (unpaired) electrons. The van der Waals surface area contributed by atoms with E-state index in [1.807, 2.05) is 30.3 Å². The van der Waals surface area contributed by atoms with Crippen LogP contribution >= 0.6 is 0 Å². The van der Waals surface area contributed by atoms with Gasteiger partial charge in [0, 0.05) is 6.21 Å². The van der Waals surface area contributed by atoms with Crippen LogP contribution in [-0.4, -0.2) is 37.5 Å². The summed E-state index contributed by atoms with van der Waals surface area (Å²) in [5.74, 6) is -0.131. The van der Waals surface area contributed by atoms with Crippen LogP contribution < -0.4 is 0 Å².